The minimum absolute atomic E-state index is 0.216. The second-order valence-electron chi connectivity index (χ2n) is 4.22. The third-order valence-electron chi connectivity index (χ3n) is 2.80. The first-order chi connectivity index (χ1) is 8.85. The van der Waals surface area contributed by atoms with Gasteiger partial charge in [0, 0.05) is 12.1 Å². The molecule has 1 saturated carbocycles. The number of hydrogen-bond donors (Lipinski definition) is 2. The Morgan fingerprint density at radius 3 is 2.63 bits per heavy atom. The number of methoxy groups -OCH3 is 1. The molecule has 0 radical (unpaired) electrons. The lowest BCUT2D eigenvalue weighted by molar-refractivity contribution is -0.387. The third kappa shape index (κ3) is 2.83. The summed E-state index contributed by atoms with van der Waals surface area (Å²) in [4.78, 5) is 9.78. The van der Waals surface area contributed by atoms with E-state index in [1.54, 1.807) is 0 Å². The molecule has 0 bridgehead atoms. The van der Waals surface area contributed by atoms with Crippen molar-refractivity contribution < 1.29 is 18.1 Å². The molecule has 2 unspecified atom stereocenters. The van der Waals surface area contributed by atoms with E-state index >= 15 is 0 Å². The molecule has 0 saturated heterocycles. The van der Waals surface area contributed by atoms with Crippen LogP contribution in [-0.2, 0) is 10.0 Å². The Hall–Kier alpha value is -1.71. The van der Waals surface area contributed by atoms with Crippen molar-refractivity contribution >= 4 is 15.7 Å². The quantitative estimate of drug-likeness (QED) is 0.579. The highest BCUT2D eigenvalue weighted by atomic mass is 32.2. The molecule has 1 fully saturated rings. The van der Waals surface area contributed by atoms with Crippen LogP contribution in [-0.4, -0.2) is 32.5 Å². The molecule has 1 aliphatic rings. The number of benzene rings is 1. The molecule has 2 atom stereocenters. The number of hydrogen-bond acceptors (Lipinski definition) is 6. The van der Waals surface area contributed by atoms with E-state index in [0.29, 0.717) is 6.42 Å². The highest BCUT2D eigenvalue weighted by molar-refractivity contribution is 7.89. The van der Waals surface area contributed by atoms with Crippen molar-refractivity contribution in [3.8, 4) is 5.75 Å². The number of nitro benzene ring substituents is 1. The Morgan fingerprint density at radius 1 is 1.53 bits per heavy atom. The van der Waals surface area contributed by atoms with Gasteiger partial charge < -0.3 is 10.5 Å². The van der Waals surface area contributed by atoms with E-state index in [4.69, 9.17) is 10.5 Å². The molecular formula is C10H13N3O5S. The zero-order chi connectivity index (χ0) is 14.2. The molecule has 0 amide bonds. The summed E-state index contributed by atoms with van der Waals surface area (Å²) in [6, 6.07) is 2.99. The first-order valence-electron chi connectivity index (χ1n) is 5.45. The van der Waals surface area contributed by atoms with Crippen LogP contribution in [0.25, 0.3) is 0 Å². The maximum atomic E-state index is 12.0. The summed E-state index contributed by atoms with van der Waals surface area (Å²) in [5.41, 5.74) is 4.99. The van der Waals surface area contributed by atoms with Crippen molar-refractivity contribution in [2.24, 2.45) is 5.73 Å². The Kier molecular flexibility index (Phi) is 3.43. The first kappa shape index (κ1) is 13.7. The zero-order valence-corrected chi connectivity index (χ0v) is 10.9. The van der Waals surface area contributed by atoms with Gasteiger partial charge in [-0.2, -0.15) is 0 Å². The Labute approximate surface area is 109 Å². The van der Waals surface area contributed by atoms with E-state index in [9.17, 15) is 18.5 Å². The monoisotopic (exact) mass is 287 g/mol. The summed E-state index contributed by atoms with van der Waals surface area (Å²) in [5.74, 6) is 0.216. The Morgan fingerprint density at radius 2 is 2.16 bits per heavy atom. The van der Waals surface area contributed by atoms with Crippen LogP contribution >= 0.6 is 0 Å². The van der Waals surface area contributed by atoms with Gasteiger partial charge in [0.05, 0.1) is 18.1 Å². The molecule has 19 heavy (non-hydrogen) atoms. The molecule has 8 nitrogen and oxygen atoms in total. The van der Waals surface area contributed by atoms with Gasteiger partial charge >= 0.3 is 0 Å². The van der Waals surface area contributed by atoms with Crippen molar-refractivity contribution in [2.45, 2.75) is 23.4 Å². The molecule has 2 rings (SSSR count). The molecule has 0 aliphatic heterocycles. The van der Waals surface area contributed by atoms with E-state index in [1.807, 2.05) is 0 Å². The zero-order valence-electron chi connectivity index (χ0n) is 10.1. The minimum atomic E-state index is -3.96. The van der Waals surface area contributed by atoms with Gasteiger partial charge in [0.25, 0.3) is 5.69 Å². The van der Waals surface area contributed by atoms with Crippen molar-refractivity contribution in [1.82, 2.24) is 4.72 Å². The summed E-state index contributed by atoms with van der Waals surface area (Å²) < 4.78 is 31.3. The molecule has 0 heterocycles. The maximum absolute atomic E-state index is 12.0. The fourth-order valence-corrected chi connectivity index (χ4v) is 3.06. The van der Waals surface area contributed by atoms with E-state index in [2.05, 4.69) is 4.72 Å². The van der Waals surface area contributed by atoms with Gasteiger partial charge in [-0.25, -0.2) is 13.1 Å². The van der Waals surface area contributed by atoms with E-state index in [0.717, 1.165) is 12.1 Å². The molecule has 3 N–H and O–H groups in total. The molecule has 0 aromatic heterocycles. The average molecular weight is 287 g/mol. The van der Waals surface area contributed by atoms with Crippen LogP contribution in [0.2, 0.25) is 0 Å². The standard InChI is InChI=1S/C10H13N3O5S/c1-18-6-2-3-10(9(4-6)13(14)15)19(16,17)12-8-5-7(8)11/h2-4,7-8,12H,5,11H2,1H3. The summed E-state index contributed by atoms with van der Waals surface area (Å²) in [5, 5.41) is 10.9. The van der Waals surface area contributed by atoms with Crippen LogP contribution in [0.15, 0.2) is 23.1 Å². The van der Waals surface area contributed by atoms with Crippen molar-refractivity contribution in [2.75, 3.05) is 7.11 Å². The number of rotatable bonds is 5. The lowest BCUT2D eigenvalue weighted by atomic mass is 10.3. The fourth-order valence-electron chi connectivity index (χ4n) is 1.61. The van der Waals surface area contributed by atoms with Crippen LogP contribution in [0, 0.1) is 10.1 Å². The number of sulfonamides is 1. The molecule has 104 valence electrons. The van der Waals surface area contributed by atoms with E-state index in [1.165, 1.54) is 13.2 Å². The van der Waals surface area contributed by atoms with Gasteiger partial charge in [-0.15, -0.1) is 0 Å². The Bertz CT molecular complexity index is 616. The lowest BCUT2D eigenvalue weighted by Crippen LogP contribution is -2.30. The van der Waals surface area contributed by atoms with E-state index < -0.39 is 25.5 Å². The predicted molar refractivity (Wildman–Crippen MR) is 66.4 cm³/mol. The summed E-state index contributed by atoms with van der Waals surface area (Å²) in [6.07, 6.45) is 0.531. The third-order valence-corrected chi connectivity index (χ3v) is 4.34. The number of nitrogens with one attached hydrogen (secondary N) is 1. The van der Waals surface area contributed by atoms with Crippen molar-refractivity contribution in [3.05, 3.63) is 28.3 Å². The van der Waals surface area contributed by atoms with Gasteiger partial charge in [0.1, 0.15) is 5.75 Å². The number of nitrogens with zero attached hydrogens (tertiary/aromatic N) is 1. The maximum Gasteiger partial charge on any atom is 0.293 e. The SMILES string of the molecule is COc1ccc(S(=O)(=O)NC2CC2N)c([N+](=O)[O-])c1. The van der Waals surface area contributed by atoms with Crippen LogP contribution in [0.4, 0.5) is 5.69 Å². The number of ether oxygens (including phenoxy) is 1. The van der Waals surface area contributed by atoms with Gasteiger partial charge in [0.2, 0.25) is 10.0 Å². The van der Waals surface area contributed by atoms with Crippen molar-refractivity contribution in [3.63, 3.8) is 0 Å². The normalized spacial score (nSPS) is 22.0. The van der Waals surface area contributed by atoms with Gasteiger partial charge in [0.15, 0.2) is 4.90 Å². The smallest absolute Gasteiger partial charge is 0.293 e. The average Bonchev–Trinajstić information content (AvgIpc) is 3.02. The summed E-state index contributed by atoms with van der Waals surface area (Å²) in [7, 11) is -2.62. The Balaban J connectivity index is 2.40. The van der Waals surface area contributed by atoms with Crippen LogP contribution in [0.1, 0.15) is 6.42 Å². The molecule has 1 aromatic carbocycles. The number of nitro groups is 1. The predicted octanol–water partition coefficient (Wildman–Crippen LogP) is -0.0187. The summed E-state index contributed by atoms with van der Waals surface area (Å²) in [6.45, 7) is 0. The van der Waals surface area contributed by atoms with Crippen LogP contribution in [0.5, 0.6) is 5.75 Å². The number of nitrogens with two attached hydrogens (primary N) is 1. The van der Waals surface area contributed by atoms with Gasteiger partial charge in [-0.1, -0.05) is 0 Å². The first-order valence-corrected chi connectivity index (χ1v) is 6.94. The van der Waals surface area contributed by atoms with Gasteiger partial charge in [-0.05, 0) is 18.6 Å². The highest BCUT2D eigenvalue weighted by Gasteiger charge is 2.39. The fraction of sp³-hybridized carbons (Fsp3) is 0.400. The molecule has 0 spiro atoms. The minimum Gasteiger partial charge on any atom is -0.497 e. The lowest BCUT2D eigenvalue weighted by Gasteiger charge is -2.07. The molecule has 1 aliphatic carbocycles. The van der Waals surface area contributed by atoms with Crippen LogP contribution < -0.4 is 15.2 Å². The molecule has 9 heteroatoms. The van der Waals surface area contributed by atoms with E-state index in [-0.39, 0.29) is 17.8 Å². The molecular weight excluding hydrogens is 274 g/mol. The topological polar surface area (TPSA) is 125 Å². The van der Waals surface area contributed by atoms with Gasteiger partial charge in [-0.3, -0.25) is 10.1 Å². The summed E-state index contributed by atoms with van der Waals surface area (Å²) >= 11 is 0. The largest absolute Gasteiger partial charge is 0.497 e. The van der Waals surface area contributed by atoms with Crippen LogP contribution in [0.3, 0.4) is 0 Å². The second-order valence-corrected chi connectivity index (χ2v) is 5.90. The van der Waals surface area contributed by atoms with Crippen molar-refractivity contribution in [1.29, 1.82) is 0 Å². The highest BCUT2D eigenvalue weighted by Crippen LogP contribution is 2.30. The molecule has 1 aromatic rings. The second kappa shape index (κ2) is 4.76.